The lowest BCUT2D eigenvalue weighted by Crippen LogP contribution is -2.42. The Hall–Kier alpha value is -1.83. The van der Waals surface area contributed by atoms with E-state index in [9.17, 15) is 4.79 Å². The van der Waals surface area contributed by atoms with Gasteiger partial charge in [0.1, 0.15) is 16.5 Å². The molecule has 0 radical (unpaired) electrons. The fourth-order valence-corrected chi connectivity index (χ4v) is 3.51. The Morgan fingerprint density at radius 2 is 2.21 bits per heavy atom. The second kappa shape index (κ2) is 6.58. The highest BCUT2D eigenvalue weighted by molar-refractivity contribution is 9.10. The molecule has 7 nitrogen and oxygen atoms in total. The van der Waals surface area contributed by atoms with Crippen LogP contribution in [0.1, 0.15) is 32.1 Å². The van der Waals surface area contributed by atoms with E-state index in [0.29, 0.717) is 6.54 Å². The van der Waals surface area contributed by atoms with Crippen molar-refractivity contribution >= 4 is 33.5 Å². The topological polar surface area (TPSA) is 71.8 Å². The Bertz CT molecular complexity index is 745. The number of carbonyl (C=O) groups is 1. The third kappa shape index (κ3) is 3.07. The van der Waals surface area contributed by atoms with Gasteiger partial charge in [0.15, 0.2) is 5.65 Å². The average molecular weight is 394 g/mol. The molecule has 8 heteroatoms. The maximum absolute atomic E-state index is 12.3. The van der Waals surface area contributed by atoms with Crippen molar-refractivity contribution in [2.45, 2.75) is 44.2 Å². The van der Waals surface area contributed by atoms with Crippen LogP contribution in [0.4, 0.5) is 10.6 Å². The molecule has 3 heterocycles. The lowest BCUT2D eigenvalue weighted by atomic mass is 9.96. The second-order valence-corrected chi connectivity index (χ2v) is 7.19. The summed E-state index contributed by atoms with van der Waals surface area (Å²) in [6, 6.07) is 3.97. The number of nitrogens with one attached hydrogen (secondary N) is 1. The van der Waals surface area contributed by atoms with Crippen LogP contribution in [0.2, 0.25) is 0 Å². The molecule has 0 aromatic carbocycles. The summed E-state index contributed by atoms with van der Waals surface area (Å²) in [5.74, 6) is 0.764. The zero-order valence-corrected chi connectivity index (χ0v) is 14.9. The number of amides is 1. The van der Waals surface area contributed by atoms with Crippen molar-refractivity contribution in [2.24, 2.45) is 0 Å². The largest absolute Gasteiger partial charge is 0.446 e. The second-order valence-electron chi connectivity index (χ2n) is 6.38. The maximum Gasteiger partial charge on any atom is 0.410 e. The number of ether oxygens (including phenoxy) is 1. The van der Waals surface area contributed by atoms with E-state index >= 15 is 0 Å². The minimum atomic E-state index is -0.162. The Morgan fingerprint density at radius 1 is 1.33 bits per heavy atom. The Labute approximate surface area is 148 Å². The predicted molar refractivity (Wildman–Crippen MR) is 93.0 cm³/mol. The van der Waals surface area contributed by atoms with Gasteiger partial charge in [-0.15, -0.1) is 5.10 Å². The molecule has 1 saturated carbocycles. The van der Waals surface area contributed by atoms with Crippen LogP contribution < -0.4 is 5.32 Å². The molecule has 0 bridgehead atoms. The van der Waals surface area contributed by atoms with Gasteiger partial charge in [-0.05, 0) is 60.2 Å². The van der Waals surface area contributed by atoms with Gasteiger partial charge < -0.3 is 15.0 Å². The molecule has 2 aliphatic rings. The Kier molecular flexibility index (Phi) is 4.30. The molecule has 1 aliphatic heterocycles. The van der Waals surface area contributed by atoms with Crippen molar-refractivity contribution in [1.82, 2.24) is 19.5 Å². The summed E-state index contributed by atoms with van der Waals surface area (Å²) in [4.78, 5) is 18.4. The summed E-state index contributed by atoms with van der Waals surface area (Å²) < 4.78 is 8.09. The highest BCUT2D eigenvalue weighted by Crippen LogP contribution is 2.25. The highest BCUT2D eigenvalue weighted by Gasteiger charge is 2.32. The first-order chi connectivity index (χ1) is 11.7. The summed E-state index contributed by atoms with van der Waals surface area (Å²) >= 11 is 3.42. The number of likely N-dealkylation sites (tertiary alicyclic amines) is 1. The van der Waals surface area contributed by atoms with Crippen molar-refractivity contribution in [2.75, 3.05) is 18.4 Å². The van der Waals surface area contributed by atoms with Crippen LogP contribution in [0.5, 0.6) is 0 Å². The normalized spacial score (nSPS) is 21.0. The van der Waals surface area contributed by atoms with Crippen LogP contribution in [0.3, 0.4) is 0 Å². The number of hydrogen-bond acceptors (Lipinski definition) is 5. The summed E-state index contributed by atoms with van der Waals surface area (Å²) in [6.45, 7) is 1.45. The van der Waals surface area contributed by atoms with Crippen LogP contribution in [-0.2, 0) is 4.74 Å². The molecule has 128 valence electrons. The van der Waals surface area contributed by atoms with Gasteiger partial charge in [0.2, 0.25) is 0 Å². The first kappa shape index (κ1) is 15.7. The SMILES string of the molecule is O=C(OC1CCC1)N1CCCC1CNc1ccc2ncc(Br)n2n1. The van der Waals surface area contributed by atoms with E-state index in [4.69, 9.17) is 4.74 Å². The molecular weight excluding hydrogens is 374 g/mol. The predicted octanol–water partition coefficient (Wildman–Crippen LogP) is 3.06. The smallest absolute Gasteiger partial charge is 0.410 e. The molecule has 1 atom stereocenters. The van der Waals surface area contributed by atoms with Gasteiger partial charge >= 0.3 is 6.09 Å². The van der Waals surface area contributed by atoms with Crippen molar-refractivity contribution < 1.29 is 9.53 Å². The van der Waals surface area contributed by atoms with Crippen molar-refractivity contribution in [3.63, 3.8) is 0 Å². The van der Waals surface area contributed by atoms with Gasteiger partial charge in [0, 0.05) is 13.1 Å². The van der Waals surface area contributed by atoms with Gasteiger partial charge in [0.25, 0.3) is 0 Å². The third-order valence-electron chi connectivity index (χ3n) is 4.77. The molecule has 24 heavy (non-hydrogen) atoms. The van der Waals surface area contributed by atoms with Crippen LogP contribution >= 0.6 is 15.9 Å². The number of rotatable bonds is 4. The Balaban J connectivity index is 1.38. The fourth-order valence-electron chi connectivity index (χ4n) is 3.15. The molecule has 1 unspecified atom stereocenters. The van der Waals surface area contributed by atoms with Crippen LogP contribution in [0, 0.1) is 0 Å². The van der Waals surface area contributed by atoms with Gasteiger partial charge in [-0.2, -0.15) is 0 Å². The van der Waals surface area contributed by atoms with Gasteiger partial charge in [-0.3, -0.25) is 0 Å². The fraction of sp³-hybridized carbons (Fsp3) is 0.562. The molecule has 1 N–H and O–H groups in total. The minimum Gasteiger partial charge on any atom is -0.446 e. The van der Waals surface area contributed by atoms with Gasteiger partial charge in [-0.25, -0.2) is 14.3 Å². The lowest BCUT2D eigenvalue weighted by Gasteiger charge is -2.30. The summed E-state index contributed by atoms with van der Waals surface area (Å²) in [7, 11) is 0. The number of nitrogens with zero attached hydrogens (tertiary/aromatic N) is 4. The molecule has 2 fully saturated rings. The van der Waals surface area contributed by atoms with E-state index in [1.807, 2.05) is 17.0 Å². The molecule has 4 rings (SSSR count). The van der Waals surface area contributed by atoms with Crippen LogP contribution in [0.25, 0.3) is 5.65 Å². The number of fused-ring (bicyclic) bond motifs is 1. The quantitative estimate of drug-likeness (QED) is 0.863. The lowest BCUT2D eigenvalue weighted by molar-refractivity contribution is 0.0254. The molecule has 2 aromatic heterocycles. The van der Waals surface area contributed by atoms with E-state index in [0.717, 1.165) is 48.3 Å². The number of halogens is 1. The van der Waals surface area contributed by atoms with Gasteiger partial charge in [0.05, 0.1) is 12.2 Å². The first-order valence-corrected chi connectivity index (χ1v) is 9.21. The number of hydrogen-bond donors (Lipinski definition) is 1. The number of imidazole rings is 1. The third-order valence-corrected chi connectivity index (χ3v) is 5.31. The van der Waals surface area contributed by atoms with Crippen molar-refractivity contribution in [3.05, 3.63) is 22.9 Å². The van der Waals surface area contributed by atoms with Crippen LogP contribution in [0.15, 0.2) is 22.9 Å². The van der Waals surface area contributed by atoms with E-state index in [1.54, 1.807) is 10.7 Å². The molecule has 2 aromatic rings. The molecular formula is C16H20BrN5O2. The molecule has 1 saturated heterocycles. The molecule has 0 spiro atoms. The van der Waals surface area contributed by atoms with E-state index in [-0.39, 0.29) is 18.2 Å². The first-order valence-electron chi connectivity index (χ1n) is 8.42. The number of aromatic nitrogens is 3. The highest BCUT2D eigenvalue weighted by atomic mass is 79.9. The van der Waals surface area contributed by atoms with Crippen molar-refractivity contribution in [3.8, 4) is 0 Å². The zero-order valence-electron chi connectivity index (χ0n) is 13.3. The standard InChI is InChI=1S/C16H20BrN5O2/c17-13-10-19-15-7-6-14(20-22(13)15)18-9-11-3-2-8-21(11)16(23)24-12-4-1-5-12/h6-7,10-12H,1-5,8-9H2,(H,18,20). The summed E-state index contributed by atoms with van der Waals surface area (Å²) in [5.41, 5.74) is 0.791. The van der Waals surface area contributed by atoms with E-state index in [1.165, 1.54) is 6.42 Å². The Morgan fingerprint density at radius 3 is 3.00 bits per heavy atom. The number of carbonyl (C=O) groups excluding carboxylic acids is 1. The van der Waals surface area contributed by atoms with Gasteiger partial charge in [-0.1, -0.05) is 0 Å². The van der Waals surface area contributed by atoms with Crippen LogP contribution in [-0.4, -0.2) is 50.8 Å². The zero-order chi connectivity index (χ0) is 16.5. The summed E-state index contributed by atoms with van der Waals surface area (Å²) in [6.07, 6.45) is 6.88. The average Bonchev–Trinajstić information content (AvgIpc) is 3.16. The molecule has 1 amide bonds. The minimum absolute atomic E-state index is 0.134. The summed E-state index contributed by atoms with van der Waals surface area (Å²) in [5, 5.41) is 7.83. The molecule has 1 aliphatic carbocycles. The van der Waals surface area contributed by atoms with E-state index in [2.05, 4.69) is 31.3 Å². The monoisotopic (exact) mass is 393 g/mol. The van der Waals surface area contributed by atoms with Crippen molar-refractivity contribution in [1.29, 1.82) is 0 Å². The maximum atomic E-state index is 12.3. The van der Waals surface area contributed by atoms with E-state index < -0.39 is 0 Å². The number of anilines is 1.